The van der Waals surface area contributed by atoms with E-state index in [1.165, 1.54) is 0 Å². The minimum Gasteiger partial charge on any atom is -0.398 e. The highest BCUT2D eigenvalue weighted by Gasteiger charge is 2.09. The van der Waals surface area contributed by atoms with Crippen molar-refractivity contribution in [1.82, 2.24) is 0 Å². The minimum atomic E-state index is -0.259. The molecule has 0 aliphatic heterocycles. The second-order valence-electron chi connectivity index (χ2n) is 4.17. The number of nitrogen functional groups attached to an aromatic ring is 1. The smallest absolute Gasteiger partial charge is 0.255 e. The molecule has 3 N–H and O–H groups in total. The Bertz CT molecular complexity index is 671. The molecule has 0 saturated heterocycles. The number of benzene rings is 2. The molecule has 0 unspecified atom stereocenters. The molecule has 2 aromatic carbocycles. The SMILES string of the molecule is Cc1c(N)cccc1NC(=O)c1cccc(C#N)c1. The van der Waals surface area contributed by atoms with E-state index in [9.17, 15) is 4.79 Å². The largest absolute Gasteiger partial charge is 0.398 e. The second-order valence-corrected chi connectivity index (χ2v) is 4.17. The van der Waals surface area contributed by atoms with Gasteiger partial charge < -0.3 is 11.1 Å². The van der Waals surface area contributed by atoms with Crippen LogP contribution in [-0.4, -0.2) is 5.91 Å². The summed E-state index contributed by atoms with van der Waals surface area (Å²) >= 11 is 0. The molecule has 0 aromatic heterocycles. The summed E-state index contributed by atoms with van der Waals surface area (Å²) in [5.74, 6) is -0.259. The maximum atomic E-state index is 12.1. The highest BCUT2D eigenvalue weighted by Crippen LogP contribution is 2.21. The normalized spacial score (nSPS) is 9.68. The van der Waals surface area contributed by atoms with Gasteiger partial charge in [0, 0.05) is 16.9 Å². The maximum Gasteiger partial charge on any atom is 0.255 e. The van der Waals surface area contributed by atoms with Crippen LogP contribution in [-0.2, 0) is 0 Å². The molecule has 0 fully saturated rings. The molecule has 0 spiro atoms. The van der Waals surface area contributed by atoms with E-state index in [2.05, 4.69) is 5.32 Å². The Hall–Kier alpha value is -2.80. The summed E-state index contributed by atoms with van der Waals surface area (Å²) in [6.07, 6.45) is 0. The molecule has 0 radical (unpaired) electrons. The van der Waals surface area contributed by atoms with Gasteiger partial charge in [-0.05, 0) is 42.8 Å². The third-order valence-corrected chi connectivity index (χ3v) is 2.88. The fourth-order valence-corrected chi connectivity index (χ4v) is 1.71. The number of nitrogens with one attached hydrogen (secondary N) is 1. The van der Waals surface area contributed by atoms with Gasteiger partial charge >= 0.3 is 0 Å². The number of amides is 1. The Morgan fingerprint density at radius 1 is 1.26 bits per heavy atom. The molecule has 4 heteroatoms. The van der Waals surface area contributed by atoms with Gasteiger partial charge in [-0.25, -0.2) is 0 Å². The Kier molecular flexibility index (Phi) is 3.48. The summed E-state index contributed by atoms with van der Waals surface area (Å²) in [5, 5.41) is 11.6. The van der Waals surface area contributed by atoms with Gasteiger partial charge in [0.05, 0.1) is 11.6 Å². The fraction of sp³-hybridized carbons (Fsp3) is 0.0667. The van der Waals surface area contributed by atoms with Crippen LogP contribution in [0.15, 0.2) is 42.5 Å². The predicted octanol–water partition coefficient (Wildman–Crippen LogP) is 2.70. The number of carbonyl (C=O) groups excluding carboxylic acids is 1. The Balaban J connectivity index is 2.26. The van der Waals surface area contributed by atoms with Crippen molar-refractivity contribution in [3.8, 4) is 6.07 Å². The number of hydrogen-bond donors (Lipinski definition) is 2. The third-order valence-electron chi connectivity index (χ3n) is 2.88. The first-order chi connectivity index (χ1) is 9.11. The van der Waals surface area contributed by atoms with E-state index in [1.807, 2.05) is 13.0 Å². The second kappa shape index (κ2) is 5.23. The van der Waals surface area contributed by atoms with Gasteiger partial charge in [0.1, 0.15) is 0 Å². The van der Waals surface area contributed by atoms with Gasteiger partial charge in [0.15, 0.2) is 0 Å². The Labute approximate surface area is 111 Å². The van der Waals surface area contributed by atoms with Crippen LogP contribution in [0.3, 0.4) is 0 Å². The fourth-order valence-electron chi connectivity index (χ4n) is 1.71. The van der Waals surface area contributed by atoms with Crippen molar-refractivity contribution < 1.29 is 4.79 Å². The zero-order chi connectivity index (χ0) is 13.8. The van der Waals surface area contributed by atoms with Crippen LogP contribution in [0, 0.1) is 18.3 Å². The molecule has 94 valence electrons. The summed E-state index contributed by atoms with van der Waals surface area (Å²) in [4.78, 5) is 12.1. The summed E-state index contributed by atoms with van der Waals surface area (Å²) in [6.45, 7) is 1.84. The highest BCUT2D eigenvalue weighted by molar-refractivity contribution is 6.05. The van der Waals surface area contributed by atoms with Crippen LogP contribution in [0.25, 0.3) is 0 Å². The van der Waals surface area contributed by atoms with Crippen LogP contribution < -0.4 is 11.1 Å². The highest BCUT2D eigenvalue weighted by atomic mass is 16.1. The van der Waals surface area contributed by atoms with Crippen molar-refractivity contribution in [1.29, 1.82) is 5.26 Å². The van der Waals surface area contributed by atoms with Gasteiger partial charge in [-0.3, -0.25) is 4.79 Å². The summed E-state index contributed by atoms with van der Waals surface area (Å²) < 4.78 is 0. The van der Waals surface area contributed by atoms with Crippen molar-refractivity contribution in [2.75, 3.05) is 11.1 Å². The van der Waals surface area contributed by atoms with Crippen molar-refractivity contribution in [2.45, 2.75) is 6.92 Å². The average Bonchev–Trinajstić information content (AvgIpc) is 2.44. The first kappa shape index (κ1) is 12.7. The van der Waals surface area contributed by atoms with Gasteiger partial charge in [0.2, 0.25) is 0 Å². The first-order valence-corrected chi connectivity index (χ1v) is 5.78. The Morgan fingerprint density at radius 2 is 2.00 bits per heavy atom. The zero-order valence-electron chi connectivity index (χ0n) is 10.5. The lowest BCUT2D eigenvalue weighted by atomic mass is 10.1. The number of carbonyl (C=O) groups is 1. The molecule has 19 heavy (non-hydrogen) atoms. The lowest BCUT2D eigenvalue weighted by Gasteiger charge is -2.10. The van der Waals surface area contributed by atoms with Crippen molar-refractivity contribution in [2.24, 2.45) is 0 Å². The van der Waals surface area contributed by atoms with E-state index < -0.39 is 0 Å². The third kappa shape index (κ3) is 2.72. The molecule has 1 amide bonds. The number of hydrogen-bond acceptors (Lipinski definition) is 3. The number of nitrogens with zero attached hydrogens (tertiary/aromatic N) is 1. The maximum absolute atomic E-state index is 12.1. The molecule has 0 heterocycles. The molecular formula is C15H13N3O. The van der Waals surface area contributed by atoms with Crippen molar-refractivity contribution in [3.05, 3.63) is 59.2 Å². The van der Waals surface area contributed by atoms with E-state index >= 15 is 0 Å². The van der Waals surface area contributed by atoms with Gasteiger partial charge in [-0.1, -0.05) is 12.1 Å². The predicted molar refractivity (Wildman–Crippen MR) is 74.7 cm³/mol. The summed E-state index contributed by atoms with van der Waals surface area (Å²) in [5.41, 5.74) is 8.82. The molecule has 0 atom stereocenters. The van der Waals surface area contributed by atoms with Gasteiger partial charge in [0.25, 0.3) is 5.91 Å². The molecule has 0 saturated carbocycles. The number of anilines is 2. The zero-order valence-corrected chi connectivity index (χ0v) is 10.5. The van der Waals surface area contributed by atoms with E-state index in [-0.39, 0.29) is 5.91 Å². The minimum absolute atomic E-state index is 0.259. The molecule has 0 aliphatic rings. The molecule has 2 rings (SSSR count). The molecule has 0 bridgehead atoms. The van der Waals surface area contributed by atoms with Gasteiger partial charge in [-0.15, -0.1) is 0 Å². The van der Waals surface area contributed by atoms with Crippen molar-refractivity contribution >= 4 is 17.3 Å². The molecular weight excluding hydrogens is 238 g/mol. The van der Waals surface area contributed by atoms with Crippen LogP contribution in [0.1, 0.15) is 21.5 Å². The van der Waals surface area contributed by atoms with Crippen LogP contribution in [0.5, 0.6) is 0 Å². The number of nitrogens with two attached hydrogens (primary N) is 1. The molecule has 2 aromatic rings. The lowest BCUT2D eigenvalue weighted by Crippen LogP contribution is -2.13. The lowest BCUT2D eigenvalue weighted by molar-refractivity contribution is 0.102. The summed E-state index contributed by atoms with van der Waals surface area (Å²) in [6, 6.07) is 13.9. The van der Waals surface area contributed by atoms with Gasteiger partial charge in [-0.2, -0.15) is 5.26 Å². The number of nitriles is 1. The Morgan fingerprint density at radius 3 is 2.74 bits per heavy atom. The van der Waals surface area contributed by atoms with Crippen LogP contribution in [0.4, 0.5) is 11.4 Å². The monoisotopic (exact) mass is 251 g/mol. The molecule has 4 nitrogen and oxygen atoms in total. The quantitative estimate of drug-likeness (QED) is 0.805. The van der Waals surface area contributed by atoms with E-state index in [1.54, 1.807) is 42.5 Å². The standard InChI is InChI=1S/C15H13N3O/c1-10-13(17)6-3-7-14(10)18-15(19)12-5-2-4-11(8-12)9-16/h2-8H,17H2,1H3,(H,18,19). The van der Waals surface area contributed by atoms with E-state index in [4.69, 9.17) is 11.0 Å². The van der Waals surface area contributed by atoms with Crippen molar-refractivity contribution in [3.63, 3.8) is 0 Å². The van der Waals surface area contributed by atoms with E-state index in [0.29, 0.717) is 22.5 Å². The topological polar surface area (TPSA) is 78.9 Å². The number of rotatable bonds is 2. The van der Waals surface area contributed by atoms with Crippen LogP contribution in [0.2, 0.25) is 0 Å². The van der Waals surface area contributed by atoms with E-state index in [0.717, 1.165) is 5.56 Å². The first-order valence-electron chi connectivity index (χ1n) is 5.78. The summed E-state index contributed by atoms with van der Waals surface area (Å²) in [7, 11) is 0. The van der Waals surface area contributed by atoms with Crippen LogP contribution >= 0.6 is 0 Å². The molecule has 0 aliphatic carbocycles. The average molecular weight is 251 g/mol.